The molecule has 2 aromatic heterocycles. The van der Waals surface area contributed by atoms with E-state index in [-0.39, 0.29) is 40.8 Å². The molecule has 0 aliphatic carbocycles. The number of carbonyl (C=O) groups excluding carboxylic acids is 1. The SMILES string of the molecule is C[C@@H]1CCO[C@H]2Cn3cc(-c4nnc(Cc5ccc(F)c(Cl)c5F)s4)c(=O)c(O)c3C(=O)N12. The molecule has 1 N–H and O–H groups in total. The molecule has 0 unspecified atom stereocenters. The summed E-state index contributed by atoms with van der Waals surface area (Å²) in [6, 6.07) is 2.25. The van der Waals surface area contributed by atoms with E-state index >= 15 is 0 Å². The third-order valence-corrected chi connectivity index (χ3v) is 7.13. The van der Waals surface area contributed by atoms with Crippen LogP contribution in [0, 0.1) is 11.6 Å². The summed E-state index contributed by atoms with van der Waals surface area (Å²) in [6.07, 6.45) is 1.61. The lowest BCUT2D eigenvalue weighted by molar-refractivity contribution is -0.112. The number of ether oxygens (including phenoxy) is 1. The van der Waals surface area contributed by atoms with Crippen LogP contribution < -0.4 is 5.43 Å². The molecule has 1 fully saturated rings. The Bertz CT molecular complexity index is 1340. The van der Waals surface area contributed by atoms with Crippen molar-refractivity contribution in [1.29, 1.82) is 0 Å². The molecule has 1 amide bonds. The van der Waals surface area contributed by atoms with Crippen LogP contribution in [0.5, 0.6) is 5.75 Å². The fraction of sp³-hybridized carbons (Fsp3) is 0.333. The maximum absolute atomic E-state index is 14.2. The number of rotatable bonds is 3. The molecule has 12 heteroatoms. The molecule has 1 aromatic carbocycles. The van der Waals surface area contributed by atoms with Crippen LogP contribution in [0.25, 0.3) is 10.6 Å². The molecule has 0 spiro atoms. The van der Waals surface area contributed by atoms with Gasteiger partial charge in [0.05, 0.1) is 18.7 Å². The second kappa shape index (κ2) is 8.15. The third-order valence-electron chi connectivity index (χ3n) is 5.83. The summed E-state index contributed by atoms with van der Waals surface area (Å²) in [7, 11) is 0. The van der Waals surface area contributed by atoms with Gasteiger partial charge in [-0.25, -0.2) is 8.78 Å². The van der Waals surface area contributed by atoms with Gasteiger partial charge in [0.1, 0.15) is 21.7 Å². The van der Waals surface area contributed by atoms with Gasteiger partial charge >= 0.3 is 0 Å². The zero-order valence-electron chi connectivity index (χ0n) is 17.2. The topological polar surface area (TPSA) is 97.5 Å². The van der Waals surface area contributed by atoms with Crippen molar-refractivity contribution in [2.24, 2.45) is 0 Å². The Labute approximate surface area is 195 Å². The monoisotopic (exact) mass is 494 g/mol. The Hall–Kier alpha value is -2.89. The maximum atomic E-state index is 14.2. The third kappa shape index (κ3) is 3.60. The van der Waals surface area contributed by atoms with Crippen LogP contribution in [0.1, 0.15) is 34.4 Å². The highest BCUT2D eigenvalue weighted by Gasteiger charge is 2.40. The number of pyridine rings is 1. The van der Waals surface area contributed by atoms with E-state index in [1.54, 1.807) is 4.90 Å². The summed E-state index contributed by atoms with van der Waals surface area (Å²) in [6.45, 7) is 2.65. The molecular formula is C21H17ClF2N4O4S. The van der Waals surface area contributed by atoms with Gasteiger partial charge in [-0.1, -0.05) is 29.0 Å². The van der Waals surface area contributed by atoms with Crippen molar-refractivity contribution in [3.05, 3.63) is 61.5 Å². The van der Waals surface area contributed by atoms with E-state index in [0.717, 1.165) is 17.4 Å². The first kappa shape index (κ1) is 21.9. The van der Waals surface area contributed by atoms with Crippen molar-refractivity contribution in [3.8, 4) is 16.3 Å². The van der Waals surface area contributed by atoms with Crippen LogP contribution in [0.2, 0.25) is 5.02 Å². The molecule has 0 saturated carbocycles. The smallest absolute Gasteiger partial charge is 0.276 e. The summed E-state index contributed by atoms with van der Waals surface area (Å²) < 4.78 is 34.9. The molecule has 5 rings (SSSR count). The second-order valence-electron chi connectivity index (χ2n) is 7.91. The van der Waals surface area contributed by atoms with Gasteiger partial charge in [0.15, 0.2) is 22.7 Å². The molecule has 0 bridgehead atoms. The Balaban J connectivity index is 1.50. The van der Waals surface area contributed by atoms with Crippen LogP contribution in [0.15, 0.2) is 23.1 Å². The molecule has 2 aliphatic heterocycles. The Morgan fingerprint density at radius 2 is 2.09 bits per heavy atom. The molecule has 8 nitrogen and oxygen atoms in total. The lowest BCUT2D eigenvalue weighted by Gasteiger charge is -2.44. The van der Waals surface area contributed by atoms with Crippen LogP contribution in [0.4, 0.5) is 8.78 Å². The Kier molecular flexibility index (Phi) is 5.42. The van der Waals surface area contributed by atoms with Crippen LogP contribution >= 0.6 is 22.9 Å². The fourth-order valence-electron chi connectivity index (χ4n) is 4.11. The lowest BCUT2D eigenvalue weighted by Crippen LogP contribution is -2.56. The predicted octanol–water partition coefficient (Wildman–Crippen LogP) is 3.19. The maximum Gasteiger partial charge on any atom is 0.276 e. The summed E-state index contributed by atoms with van der Waals surface area (Å²) >= 11 is 6.65. The van der Waals surface area contributed by atoms with E-state index in [1.807, 2.05) is 6.92 Å². The van der Waals surface area contributed by atoms with E-state index in [0.29, 0.717) is 18.0 Å². The number of aromatic hydroxyl groups is 1. The van der Waals surface area contributed by atoms with Gasteiger partial charge in [-0.15, -0.1) is 10.2 Å². The average Bonchev–Trinajstić information content (AvgIpc) is 3.25. The summed E-state index contributed by atoms with van der Waals surface area (Å²) in [5, 5.41) is 18.5. The number of amides is 1. The van der Waals surface area contributed by atoms with Gasteiger partial charge in [-0.2, -0.15) is 0 Å². The molecule has 3 aromatic rings. The van der Waals surface area contributed by atoms with Gasteiger partial charge in [0, 0.05) is 18.7 Å². The van der Waals surface area contributed by atoms with Gasteiger partial charge < -0.3 is 19.3 Å². The van der Waals surface area contributed by atoms with Crippen molar-refractivity contribution in [2.45, 2.75) is 38.6 Å². The van der Waals surface area contributed by atoms with Crippen molar-refractivity contribution in [3.63, 3.8) is 0 Å². The number of nitrogens with zero attached hydrogens (tertiary/aromatic N) is 4. The van der Waals surface area contributed by atoms with E-state index in [1.165, 1.54) is 16.8 Å². The zero-order chi connectivity index (χ0) is 23.4. The number of hydrogen-bond acceptors (Lipinski definition) is 7. The largest absolute Gasteiger partial charge is 0.503 e. The number of halogens is 3. The zero-order valence-corrected chi connectivity index (χ0v) is 18.8. The normalized spacial score (nSPS) is 20.0. The molecule has 0 radical (unpaired) electrons. The molecule has 4 heterocycles. The molecule has 1 saturated heterocycles. The van der Waals surface area contributed by atoms with E-state index in [4.69, 9.17) is 16.3 Å². The van der Waals surface area contributed by atoms with Crippen molar-refractivity contribution in [1.82, 2.24) is 19.7 Å². The number of fused-ring (bicyclic) bond motifs is 2. The Morgan fingerprint density at radius 3 is 2.88 bits per heavy atom. The number of carbonyl (C=O) groups is 1. The molecular weight excluding hydrogens is 478 g/mol. The highest BCUT2D eigenvalue weighted by atomic mass is 35.5. The van der Waals surface area contributed by atoms with E-state index < -0.39 is 40.0 Å². The van der Waals surface area contributed by atoms with E-state index in [2.05, 4.69) is 10.2 Å². The van der Waals surface area contributed by atoms with Crippen LogP contribution in [0.3, 0.4) is 0 Å². The van der Waals surface area contributed by atoms with Gasteiger partial charge in [0.2, 0.25) is 5.43 Å². The average molecular weight is 495 g/mol. The van der Waals surface area contributed by atoms with Gasteiger partial charge in [-0.3, -0.25) is 9.59 Å². The second-order valence-corrected chi connectivity index (χ2v) is 9.35. The van der Waals surface area contributed by atoms with Crippen LogP contribution in [-0.2, 0) is 17.7 Å². The minimum Gasteiger partial charge on any atom is -0.503 e. The molecule has 2 atom stereocenters. The first-order chi connectivity index (χ1) is 15.8. The highest BCUT2D eigenvalue weighted by molar-refractivity contribution is 7.14. The predicted molar refractivity (Wildman–Crippen MR) is 115 cm³/mol. The fourth-order valence-corrected chi connectivity index (χ4v) is 5.16. The number of aromatic nitrogens is 3. The van der Waals surface area contributed by atoms with Crippen LogP contribution in [-0.4, -0.2) is 49.6 Å². The molecule has 172 valence electrons. The highest BCUT2D eigenvalue weighted by Crippen LogP contribution is 2.32. The molecule has 33 heavy (non-hydrogen) atoms. The van der Waals surface area contributed by atoms with Gasteiger partial charge in [0.25, 0.3) is 5.91 Å². The summed E-state index contributed by atoms with van der Waals surface area (Å²) in [5.41, 5.74) is -0.659. The number of benzene rings is 1. The minimum absolute atomic E-state index is 0.0109. The van der Waals surface area contributed by atoms with Crippen molar-refractivity contribution < 1.29 is 23.4 Å². The first-order valence-corrected chi connectivity index (χ1v) is 11.3. The lowest BCUT2D eigenvalue weighted by atomic mass is 10.1. The quantitative estimate of drug-likeness (QED) is 0.562. The van der Waals surface area contributed by atoms with Gasteiger partial charge in [-0.05, 0) is 25.0 Å². The standard InChI is InChI=1S/C21H17ClF2N4O4S/c1-9-4-5-32-14-8-27-7-11(18(29)19(30)17(27)21(31)28(9)14)20-26-25-13(33-20)6-10-2-3-12(23)15(22)16(10)24/h2-3,7,9,14,30H,4-6,8H2,1H3/t9-,14+/m1/s1. The summed E-state index contributed by atoms with van der Waals surface area (Å²) in [4.78, 5) is 27.4. The first-order valence-electron chi connectivity index (χ1n) is 10.1. The Morgan fingerprint density at radius 1 is 1.30 bits per heavy atom. The summed E-state index contributed by atoms with van der Waals surface area (Å²) in [5.74, 6) is -2.88. The van der Waals surface area contributed by atoms with Crippen molar-refractivity contribution in [2.75, 3.05) is 6.61 Å². The van der Waals surface area contributed by atoms with Crippen molar-refractivity contribution >= 4 is 28.8 Å². The minimum atomic E-state index is -0.885. The molecule has 2 aliphatic rings. The van der Waals surface area contributed by atoms with E-state index in [9.17, 15) is 23.5 Å². The number of hydrogen-bond donors (Lipinski definition) is 1.